The van der Waals surface area contributed by atoms with Gasteiger partial charge in [-0.3, -0.25) is 0 Å². The Labute approximate surface area is 102 Å². The summed E-state index contributed by atoms with van der Waals surface area (Å²) >= 11 is 0. The van der Waals surface area contributed by atoms with Crippen molar-refractivity contribution in [2.45, 2.75) is 12.0 Å². The zero-order valence-electron chi connectivity index (χ0n) is 9.71. The Morgan fingerprint density at radius 1 is 0.882 bits per heavy atom. The first-order chi connectivity index (χ1) is 8.24. The standard InChI is InChI=1S/C15H17NO/c16-15(12-17,14-9-5-2-6-10-14)11-13-7-3-1-4-8-13/h1-10,17H,11-12,16H2/t15-/m1/s1. The van der Waals surface area contributed by atoms with Crippen LogP contribution in [0.4, 0.5) is 0 Å². The monoisotopic (exact) mass is 227 g/mol. The van der Waals surface area contributed by atoms with E-state index in [1.807, 2.05) is 60.7 Å². The summed E-state index contributed by atoms with van der Waals surface area (Å²) in [5, 5.41) is 9.58. The summed E-state index contributed by atoms with van der Waals surface area (Å²) in [6.07, 6.45) is 0.633. The van der Waals surface area contributed by atoms with E-state index in [4.69, 9.17) is 5.73 Å². The van der Waals surface area contributed by atoms with Crippen molar-refractivity contribution in [3.05, 3.63) is 71.8 Å². The third-order valence-corrected chi connectivity index (χ3v) is 2.99. The summed E-state index contributed by atoms with van der Waals surface area (Å²) in [5.41, 5.74) is 7.69. The van der Waals surface area contributed by atoms with E-state index in [0.29, 0.717) is 6.42 Å². The van der Waals surface area contributed by atoms with Crippen LogP contribution >= 0.6 is 0 Å². The highest BCUT2D eigenvalue weighted by Gasteiger charge is 2.26. The normalized spacial score (nSPS) is 14.2. The molecule has 0 spiro atoms. The molecule has 0 radical (unpaired) electrons. The van der Waals surface area contributed by atoms with Crippen LogP contribution < -0.4 is 5.73 Å². The fourth-order valence-corrected chi connectivity index (χ4v) is 1.98. The Bertz CT molecular complexity index is 455. The maximum atomic E-state index is 9.58. The highest BCUT2D eigenvalue weighted by Crippen LogP contribution is 2.22. The Morgan fingerprint density at radius 3 is 1.94 bits per heavy atom. The Kier molecular flexibility index (Phi) is 3.57. The van der Waals surface area contributed by atoms with Crippen LogP contribution in [0.3, 0.4) is 0 Å². The van der Waals surface area contributed by atoms with Gasteiger partial charge in [-0.1, -0.05) is 60.7 Å². The van der Waals surface area contributed by atoms with Gasteiger partial charge in [0.1, 0.15) is 0 Å². The van der Waals surface area contributed by atoms with Gasteiger partial charge in [0.25, 0.3) is 0 Å². The van der Waals surface area contributed by atoms with E-state index in [-0.39, 0.29) is 6.61 Å². The van der Waals surface area contributed by atoms with Crippen LogP contribution in [-0.2, 0) is 12.0 Å². The minimum absolute atomic E-state index is 0.0636. The van der Waals surface area contributed by atoms with Crippen LogP contribution in [0, 0.1) is 0 Å². The van der Waals surface area contributed by atoms with Crippen molar-refractivity contribution in [2.24, 2.45) is 5.73 Å². The van der Waals surface area contributed by atoms with Gasteiger partial charge < -0.3 is 10.8 Å². The first-order valence-corrected chi connectivity index (χ1v) is 5.74. The van der Waals surface area contributed by atoms with Crippen LogP contribution in [0.25, 0.3) is 0 Å². The Hall–Kier alpha value is -1.64. The van der Waals surface area contributed by atoms with Crippen LogP contribution in [0.2, 0.25) is 0 Å². The van der Waals surface area contributed by atoms with E-state index in [1.54, 1.807) is 0 Å². The lowest BCUT2D eigenvalue weighted by Gasteiger charge is -2.28. The van der Waals surface area contributed by atoms with Gasteiger partial charge in [0.15, 0.2) is 0 Å². The van der Waals surface area contributed by atoms with Gasteiger partial charge in [-0.15, -0.1) is 0 Å². The van der Waals surface area contributed by atoms with Crippen molar-refractivity contribution >= 4 is 0 Å². The van der Waals surface area contributed by atoms with Crippen molar-refractivity contribution in [2.75, 3.05) is 6.61 Å². The second-order valence-electron chi connectivity index (χ2n) is 4.34. The van der Waals surface area contributed by atoms with Crippen LogP contribution in [0.1, 0.15) is 11.1 Å². The second kappa shape index (κ2) is 5.13. The third kappa shape index (κ3) is 2.73. The largest absolute Gasteiger partial charge is 0.394 e. The second-order valence-corrected chi connectivity index (χ2v) is 4.34. The van der Waals surface area contributed by atoms with Gasteiger partial charge in [-0.2, -0.15) is 0 Å². The molecule has 0 heterocycles. The lowest BCUT2D eigenvalue weighted by Crippen LogP contribution is -2.42. The molecule has 2 aromatic rings. The average molecular weight is 227 g/mol. The molecule has 2 aromatic carbocycles. The quantitative estimate of drug-likeness (QED) is 0.840. The molecule has 0 aromatic heterocycles. The van der Waals surface area contributed by atoms with Crippen molar-refractivity contribution in [3.8, 4) is 0 Å². The summed E-state index contributed by atoms with van der Waals surface area (Å²) in [6, 6.07) is 19.7. The molecule has 1 atom stereocenters. The predicted molar refractivity (Wildman–Crippen MR) is 69.5 cm³/mol. The van der Waals surface area contributed by atoms with E-state index in [0.717, 1.165) is 11.1 Å². The third-order valence-electron chi connectivity index (χ3n) is 2.99. The van der Waals surface area contributed by atoms with E-state index in [9.17, 15) is 5.11 Å². The number of nitrogens with two attached hydrogens (primary N) is 1. The number of hydrogen-bond donors (Lipinski definition) is 2. The molecule has 2 nitrogen and oxygen atoms in total. The molecule has 17 heavy (non-hydrogen) atoms. The number of rotatable bonds is 4. The molecule has 0 saturated heterocycles. The van der Waals surface area contributed by atoms with Crippen molar-refractivity contribution in [3.63, 3.8) is 0 Å². The minimum Gasteiger partial charge on any atom is -0.394 e. The molecule has 88 valence electrons. The van der Waals surface area contributed by atoms with Crippen LogP contribution in [0.15, 0.2) is 60.7 Å². The lowest BCUT2D eigenvalue weighted by molar-refractivity contribution is 0.195. The fraction of sp³-hybridized carbons (Fsp3) is 0.200. The van der Waals surface area contributed by atoms with Crippen molar-refractivity contribution in [1.29, 1.82) is 0 Å². The van der Waals surface area contributed by atoms with Gasteiger partial charge in [-0.05, 0) is 17.5 Å². The molecule has 0 aliphatic heterocycles. The fourth-order valence-electron chi connectivity index (χ4n) is 1.98. The van der Waals surface area contributed by atoms with Gasteiger partial charge in [0.05, 0.1) is 12.1 Å². The number of hydrogen-bond acceptors (Lipinski definition) is 2. The van der Waals surface area contributed by atoms with Crippen molar-refractivity contribution < 1.29 is 5.11 Å². The summed E-state index contributed by atoms with van der Waals surface area (Å²) in [5.74, 6) is 0. The molecule has 0 aliphatic carbocycles. The molecular formula is C15H17NO. The molecular weight excluding hydrogens is 210 g/mol. The molecule has 0 unspecified atom stereocenters. The summed E-state index contributed by atoms with van der Waals surface area (Å²) < 4.78 is 0. The number of aliphatic hydroxyl groups is 1. The smallest absolute Gasteiger partial charge is 0.0684 e. The van der Waals surface area contributed by atoms with E-state index in [1.165, 1.54) is 0 Å². The molecule has 0 saturated carbocycles. The maximum Gasteiger partial charge on any atom is 0.0684 e. The molecule has 3 N–H and O–H groups in total. The molecule has 0 amide bonds. The van der Waals surface area contributed by atoms with Gasteiger partial charge in [0, 0.05) is 0 Å². The zero-order chi connectivity index (χ0) is 12.1. The molecule has 0 fully saturated rings. The molecule has 2 heteroatoms. The van der Waals surface area contributed by atoms with Gasteiger partial charge in [-0.25, -0.2) is 0 Å². The SMILES string of the molecule is N[C@@](CO)(Cc1ccccc1)c1ccccc1. The first kappa shape index (κ1) is 11.8. The average Bonchev–Trinajstić information content (AvgIpc) is 2.41. The summed E-state index contributed by atoms with van der Waals surface area (Å²) in [4.78, 5) is 0. The van der Waals surface area contributed by atoms with Crippen molar-refractivity contribution in [1.82, 2.24) is 0 Å². The summed E-state index contributed by atoms with van der Waals surface area (Å²) in [6.45, 7) is -0.0636. The lowest BCUT2D eigenvalue weighted by atomic mass is 9.85. The zero-order valence-corrected chi connectivity index (χ0v) is 9.71. The van der Waals surface area contributed by atoms with Gasteiger partial charge in [0.2, 0.25) is 0 Å². The van der Waals surface area contributed by atoms with Crippen LogP contribution in [-0.4, -0.2) is 11.7 Å². The highest BCUT2D eigenvalue weighted by atomic mass is 16.3. The van der Waals surface area contributed by atoms with Crippen LogP contribution in [0.5, 0.6) is 0 Å². The minimum atomic E-state index is -0.706. The highest BCUT2D eigenvalue weighted by molar-refractivity contribution is 5.28. The van der Waals surface area contributed by atoms with E-state index >= 15 is 0 Å². The maximum absolute atomic E-state index is 9.58. The molecule has 0 bridgehead atoms. The van der Waals surface area contributed by atoms with Gasteiger partial charge >= 0.3 is 0 Å². The first-order valence-electron chi connectivity index (χ1n) is 5.74. The summed E-state index contributed by atoms with van der Waals surface area (Å²) in [7, 11) is 0. The Morgan fingerprint density at radius 2 is 1.41 bits per heavy atom. The van der Waals surface area contributed by atoms with E-state index in [2.05, 4.69) is 0 Å². The number of benzene rings is 2. The van der Waals surface area contributed by atoms with E-state index < -0.39 is 5.54 Å². The molecule has 0 aliphatic rings. The predicted octanol–water partition coefficient (Wildman–Crippen LogP) is 2.08. The topological polar surface area (TPSA) is 46.2 Å². The number of aliphatic hydroxyl groups excluding tert-OH is 1. The molecule has 2 rings (SSSR count). The Balaban J connectivity index is 2.27.